The van der Waals surface area contributed by atoms with Crippen LogP contribution in [0, 0.1) is 5.92 Å². The Balaban J connectivity index is 1.92. The van der Waals surface area contributed by atoms with Gasteiger partial charge >= 0.3 is 5.97 Å². The van der Waals surface area contributed by atoms with Gasteiger partial charge in [-0.05, 0) is 26.3 Å². The maximum absolute atomic E-state index is 12.5. The third-order valence-corrected chi connectivity index (χ3v) is 4.22. The number of carbonyl (C=O) groups excluding carboxylic acids is 2. The first-order valence-electron chi connectivity index (χ1n) is 7.32. The summed E-state index contributed by atoms with van der Waals surface area (Å²) in [4.78, 5) is 28.1. The third kappa shape index (κ3) is 3.49. The van der Waals surface area contributed by atoms with E-state index >= 15 is 0 Å². The van der Waals surface area contributed by atoms with Gasteiger partial charge in [-0.25, -0.2) is 0 Å². The fourth-order valence-corrected chi connectivity index (χ4v) is 2.92. The lowest BCUT2D eigenvalue weighted by molar-refractivity contribution is -0.150. The number of hydrogen-bond donors (Lipinski definition) is 0. The molecule has 0 aromatic rings. The molecule has 0 saturated carbocycles. The smallest absolute Gasteiger partial charge is 0.309 e. The summed E-state index contributed by atoms with van der Waals surface area (Å²) in [7, 11) is 1.42. The Labute approximate surface area is 120 Å². The number of rotatable bonds is 3. The Morgan fingerprint density at radius 3 is 2.60 bits per heavy atom. The Kier molecular flexibility index (Phi) is 5.37. The van der Waals surface area contributed by atoms with Crippen LogP contribution in [0.15, 0.2) is 0 Å². The van der Waals surface area contributed by atoms with Gasteiger partial charge in [0.15, 0.2) is 0 Å². The number of esters is 1. The lowest BCUT2D eigenvalue weighted by Crippen LogP contribution is -2.53. The number of piperidine rings is 1. The zero-order valence-corrected chi connectivity index (χ0v) is 12.3. The molecular weight excluding hydrogens is 260 g/mol. The van der Waals surface area contributed by atoms with Gasteiger partial charge in [0, 0.05) is 19.6 Å². The molecule has 2 heterocycles. The normalized spacial score (nSPS) is 26.1. The minimum atomic E-state index is -0.180. The van der Waals surface area contributed by atoms with Crippen molar-refractivity contribution < 1.29 is 19.1 Å². The zero-order chi connectivity index (χ0) is 14.5. The largest absolute Gasteiger partial charge is 0.469 e. The van der Waals surface area contributed by atoms with Crippen molar-refractivity contribution in [2.24, 2.45) is 5.92 Å². The van der Waals surface area contributed by atoms with Crippen molar-refractivity contribution >= 4 is 11.9 Å². The number of likely N-dealkylation sites (tertiary alicyclic amines) is 1. The predicted molar refractivity (Wildman–Crippen MR) is 73.2 cm³/mol. The molecule has 20 heavy (non-hydrogen) atoms. The topological polar surface area (TPSA) is 59.1 Å². The molecular formula is C14H24N2O4. The lowest BCUT2D eigenvalue weighted by Gasteiger charge is -2.38. The number of ether oxygens (including phenoxy) is 2. The van der Waals surface area contributed by atoms with E-state index in [0.717, 1.165) is 19.4 Å². The van der Waals surface area contributed by atoms with E-state index in [1.54, 1.807) is 0 Å². The molecule has 0 N–H and O–H groups in total. The number of morpholine rings is 1. The fourth-order valence-electron chi connectivity index (χ4n) is 2.92. The SMILES string of the molecule is COC(=O)[C@H]1CCCN(C(C)C(=O)N2CCOCC2)C1. The summed E-state index contributed by atoms with van der Waals surface area (Å²) in [6, 6.07) is -0.180. The summed E-state index contributed by atoms with van der Waals surface area (Å²) < 4.78 is 10.1. The maximum Gasteiger partial charge on any atom is 0.309 e. The highest BCUT2D eigenvalue weighted by atomic mass is 16.5. The first-order chi connectivity index (χ1) is 9.63. The number of nitrogens with zero attached hydrogens (tertiary/aromatic N) is 2. The molecule has 0 spiro atoms. The zero-order valence-electron chi connectivity index (χ0n) is 12.3. The van der Waals surface area contributed by atoms with E-state index in [4.69, 9.17) is 9.47 Å². The van der Waals surface area contributed by atoms with Crippen LogP contribution in [0.4, 0.5) is 0 Å². The van der Waals surface area contributed by atoms with E-state index in [2.05, 4.69) is 4.90 Å². The summed E-state index contributed by atoms with van der Waals surface area (Å²) >= 11 is 0. The van der Waals surface area contributed by atoms with Gasteiger partial charge in [0.25, 0.3) is 0 Å². The van der Waals surface area contributed by atoms with Gasteiger partial charge in [0.2, 0.25) is 5.91 Å². The molecule has 0 aromatic carbocycles. The second-order valence-corrected chi connectivity index (χ2v) is 5.47. The predicted octanol–water partition coefficient (Wildman–Crippen LogP) is 0.119. The highest BCUT2D eigenvalue weighted by Gasteiger charge is 2.33. The van der Waals surface area contributed by atoms with Gasteiger partial charge in [-0.3, -0.25) is 14.5 Å². The van der Waals surface area contributed by atoms with Crippen LogP contribution in [0.5, 0.6) is 0 Å². The fraction of sp³-hybridized carbons (Fsp3) is 0.857. The molecule has 2 rings (SSSR count). The average Bonchev–Trinajstić information content (AvgIpc) is 2.53. The summed E-state index contributed by atoms with van der Waals surface area (Å²) in [5.41, 5.74) is 0. The molecule has 0 aliphatic carbocycles. The average molecular weight is 284 g/mol. The van der Waals surface area contributed by atoms with Crippen molar-refractivity contribution in [2.75, 3.05) is 46.5 Å². The van der Waals surface area contributed by atoms with Crippen LogP contribution in [0.1, 0.15) is 19.8 Å². The van der Waals surface area contributed by atoms with E-state index in [1.165, 1.54) is 7.11 Å². The molecule has 6 nitrogen and oxygen atoms in total. The molecule has 2 atom stereocenters. The second-order valence-electron chi connectivity index (χ2n) is 5.47. The minimum Gasteiger partial charge on any atom is -0.469 e. The Hall–Kier alpha value is -1.14. The molecule has 1 unspecified atom stereocenters. The minimum absolute atomic E-state index is 0.103. The number of methoxy groups -OCH3 is 1. The van der Waals surface area contributed by atoms with Crippen LogP contribution in [0.2, 0.25) is 0 Å². The molecule has 0 radical (unpaired) electrons. The maximum atomic E-state index is 12.5. The van der Waals surface area contributed by atoms with E-state index in [0.29, 0.717) is 32.8 Å². The van der Waals surface area contributed by atoms with Gasteiger partial charge < -0.3 is 14.4 Å². The summed E-state index contributed by atoms with van der Waals surface area (Å²) in [6.45, 7) is 5.97. The standard InChI is InChI=1S/C14H24N2O4/c1-11(13(17)15-6-8-20-9-7-15)16-5-3-4-12(10-16)14(18)19-2/h11-12H,3-10H2,1-2H3/t11?,12-/m0/s1. The van der Waals surface area contributed by atoms with E-state index in [-0.39, 0.29) is 23.8 Å². The molecule has 0 bridgehead atoms. The first-order valence-corrected chi connectivity index (χ1v) is 7.32. The van der Waals surface area contributed by atoms with Gasteiger partial charge in [-0.15, -0.1) is 0 Å². The highest BCUT2D eigenvalue weighted by molar-refractivity contribution is 5.81. The monoisotopic (exact) mass is 284 g/mol. The van der Waals surface area contributed by atoms with Crippen molar-refractivity contribution in [1.82, 2.24) is 9.80 Å². The van der Waals surface area contributed by atoms with Crippen LogP contribution in [0.3, 0.4) is 0 Å². The molecule has 2 aliphatic heterocycles. The van der Waals surface area contributed by atoms with Crippen molar-refractivity contribution in [3.05, 3.63) is 0 Å². The summed E-state index contributed by atoms with van der Waals surface area (Å²) in [6.07, 6.45) is 1.78. The first kappa shape index (κ1) is 15.3. The van der Waals surface area contributed by atoms with Gasteiger partial charge in [0.05, 0.1) is 32.3 Å². The Morgan fingerprint density at radius 1 is 1.25 bits per heavy atom. The Morgan fingerprint density at radius 2 is 1.95 bits per heavy atom. The van der Waals surface area contributed by atoms with Gasteiger partial charge in [-0.2, -0.15) is 0 Å². The quantitative estimate of drug-likeness (QED) is 0.689. The third-order valence-electron chi connectivity index (χ3n) is 4.22. The summed E-state index contributed by atoms with van der Waals surface area (Å²) in [5, 5.41) is 0. The van der Waals surface area contributed by atoms with Crippen LogP contribution in [-0.2, 0) is 19.1 Å². The van der Waals surface area contributed by atoms with Crippen molar-refractivity contribution in [3.63, 3.8) is 0 Å². The molecule has 1 amide bonds. The van der Waals surface area contributed by atoms with Gasteiger partial charge in [0.1, 0.15) is 0 Å². The Bertz CT molecular complexity index is 355. The van der Waals surface area contributed by atoms with Gasteiger partial charge in [-0.1, -0.05) is 0 Å². The van der Waals surface area contributed by atoms with Crippen LogP contribution >= 0.6 is 0 Å². The van der Waals surface area contributed by atoms with Crippen molar-refractivity contribution in [2.45, 2.75) is 25.8 Å². The highest BCUT2D eigenvalue weighted by Crippen LogP contribution is 2.20. The van der Waals surface area contributed by atoms with E-state index in [9.17, 15) is 9.59 Å². The number of carbonyl (C=O) groups is 2. The number of hydrogen-bond acceptors (Lipinski definition) is 5. The number of amides is 1. The molecule has 0 aromatic heterocycles. The van der Waals surface area contributed by atoms with Crippen LogP contribution in [-0.4, -0.2) is 74.2 Å². The molecule has 6 heteroatoms. The van der Waals surface area contributed by atoms with Crippen LogP contribution in [0.25, 0.3) is 0 Å². The van der Waals surface area contributed by atoms with E-state index in [1.807, 2.05) is 11.8 Å². The van der Waals surface area contributed by atoms with Crippen molar-refractivity contribution in [3.8, 4) is 0 Å². The summed E-state index contributed by atoms with van der Waals surface area (Å²) in [5.74, 6) is -0.131. The lowest BCUT2D eigenvalue weighted by atomic mass is 9.97. The van der Waals surface area contributed by atoms with E-state index < -0.39 is 0 Å². The molecule has 114 valence electrons. The second kappa shape index (κ2) is 7.04. The van der Waals surface area contributed by atoms with Crippen LogP contribution < -0.4 is 0 Å². The molecule has 2 saturated heterocycles. The molecule has 2 fully saturated rings. The van der Waals surface area contributed by atoms with Crippen molar-refractivity contribution in [1.29, 1.82) is 0 Å². The molecule has 2 aliphatic rings.